The van der Waals surface area contributed by atoms with Gasteiger partial charge in [-0.1, -0.05) is 12.1 Å². The van der Waals surface area contributed by atoms with Gasteiger partial charge in [-0.25, -0.2) is 13.1 Å². The third-order valence-electron chi connectivity index (χ3n) is 5.30. The summed E-state index contributed by atoms with van der Waals surface area (Å²) in [7, 11) is -3.07. The molecule has 3 heterocycles. The van der Waals surface area contributed by atoms with Crippen LogP contribution in [-0.4, -0.2) is 48.1 Å². The summed E-state index contributed by atoms with van der Waals surface area (Å²) in [5.74, 6) is -0.248. The molecule has 0 spiro atoms. The fourth-order valence-corrected chi connectivity index (χ4v) is 6.06. The average Bonchev–Trinajstić information content (AvgIpc) is 3.32. The van der Waals surface area contributed by atoms with Crippen LogP contribution in [0.4, 0.5) is 11.5 Å². The molecule has 1 aromatic carbocycles. The largest absolute Gasteiger partial charge is 0.311 e. The molecule has 2 saturated heterocycles. The normalized spacial score (nSPS) is 23.5. The summed E-state index contributed by atoms with van der Waals surface area (Å²) in [6, 6.07) is 8.84. The first-order valence-electron chi connectivity index (χ1n) is 9.36. The summed E-state index contributed by atoms with van der Waals surface area (Å²) in [5, 5.41) is 7.24. The summed E-state index contributed by atoms with van der Waals surface area (Å²) in [4.78, 5) is 27.0. The molecule has 2 atom stereocenters. The maximum absolute atomic E-state index is 12.9. The number of anilines is 2. The van der Waals surface area contributed by atoms with E-state index in [0.29, 0.717) is 17.9 Å². The van der Waals surface area contributed by atoms with Gasteiger partial charge in [-0.3, -0.25) is 9.59 Å². The first kappa shape index (κ1) is 20.1. The second-order valence-corrected chi connectivity index (χ2v) is 10.6. The first-order valence-corrected chi connectivity index (χ1v) is 12.0. The number of benzene rings is 1. The molecule has 0 saturated carbocycles. The van der Waals surface area contributed by atoms with Gasteiger partial charge in [-0.2, -0.15) is 5.10 Å². The number of aromatic nitrogens is 2. The number of nitrogens with zero attached hydrogens (tertiary/aromatic N) is 3. The molecule has 8 nitrogen and oxygen atoms in total. The number of carbonyl (C=O) groups excluding carboxylic acids is 2. The van der Waals surface area contributed by atoms with Crippen LogP contribution in [0.15, 0.2) is 34.8 Å². The van der Waals surface area contributed by atoms with E-state index >= 15 is 0 Å². The van der Waals surface area contributed by atoms with Gasteiger partial charge in [0.05, 0.1) is 34.8 Å². The van der Waals surface area contributed by atoms with Gasteiger partial charge in [0.1, 0.15) is 5.82 Å². The minimum atomic E-state index is -3.07. The van der Waals surface area contributed by atoms with Gasteiger partial charge in [0, 0.05) is 23.5 Å². The van der Waals surface area contributed by atoms with E-state index in [1.165, 1.54) is 0 Å². The van der Waals surface area contributed by atoms with Crippen molar-refractivity contribution < 1.29 is 18.0 Å². The van der Waals surface area contributed by atoms with Crippen LogP contribution >= 0.6 is 15.9 Å². The molecule has 0 radical (unpaired) electrons. The van der Waals surface area contributed by atoms with Gasteiger partial charge < -0.3 is 10.2 Å². The molecule has 1 aromatic heterocycles. The van der Waals surface area contributed by atoms with E-state index < -0.39 is 15.8 Å². The number of amides is 2. The number of nitrogens with one attached hydrogen (secondary N) is 1. The Morgan fingerprint density at radius 1 is 1.31 bits per heavy atom. The fourth-order valence-electron chi connectivity index (χ4n) is 3.87. The lowest BCUT2D eigenvalue weighted by Gasteiger charge is -2.18. The average molecular weight is 481 g/mol. The zero-order valence-electron chi connectivity index (χ0n) is 15.8. The molecule has 10 heteroatoms. The van der Waals surface area contributed by atoms with Crippen LogP contribution < -0.4 is 10.2 Å². The Morgan fingerprint density at radius 2 is 2.07 bits per heavy atom. The number of halogens is 1. The molecule has 0 aliphatic carbocycles. The van der Waals surface area contributed by atoms with Crippen LogP contribution in [0.25, 0.3) is 0 Å². The number of carbonyl (C=O) groups is 2. The number of hydrogen-bond donors (Lipinski definition) is 1. The Hall–Kier alpha value is -2.20. The third-order valence-corrected chi connectivity index (χ3v) is 7.72. The van der Waals surface area contributed by atoms with E-state index in [2.05, 4.69) is 26.3 Å². The SMILES string of the molecule is Cc1cc(NC(=O)C2CC(=O)N(c3ccccc3Br)C2)n(C2CCS(=O)(=O)C2)n1. The molecule has 2 amide bonds. The standard InChI is InChI=1S/C19H21BrN4O4S/c1-12-8-17(24(22-12)14-6-7-29(27,28)11-14)21-19(26)13-9-18(25)23(10-13)16-5-3-2-4-15(16)20/h2-5,8,13-14H,6-7,9-11H2,1H3,(H,21,26). The summed E-state index contributed by atoms with van der Waals surface area (Å²) < 4.78 is 26.0. The highest BCUT2D eigenvalue weighted by atomic mass is 79.9. The van der Waals surface area contributed by atoms with Gasteiger partial charge in [0.2, 0.25) is 11.8 Å². The maximum atomic E-state index is 12.9. The Balaban J connectivity index is 1.50. The lowest BCUT2D eigenvalue weighted by atomic mass is 10.1. The second kappa shape index (κ2) is 7.56. The zero-order chi connectivity index (χ0) is 20.8. The van der Waals surface area contributed by atoms with E-state index in [-0.39, 0.29) is 42.3 Å². The smallest absolute Gasteiger partial charge is 0.230 e. The number of hydrogen-bond acceptors (Lipinski definition) is 5. The van der Waals surface area contributed by atoms with Crippen molar-refractivity contribution in [3.63, 3.8) is 0 Å². The summed E-state index contributed by atoms with van der Waals surface area (Å²) >= 11 is 3.45. The number of sulfone groups is 1. The summed E-state index contributed by atoms with van der Waals surface area (Å²) in [6.07, 6.45) is 0.599. The minimum Gasteiger partial charge on any atom is -0.311 e. The van der Waals surface area contributed by atoms with Crippen molar-refractivity contribution in [2.75, 3.05) is 28.3 Å². The highest BCUT2D eigenvalue weighted by Gasteiger charge is 2.37. The molecule has 4 rings (SSSR count). The van der Waals surface area contributed by atoms with Gasteiger partial charge in [0.15, 0.2) is 9.84 Å². The molecule has 2 aliphatic rings. The molecule has 29 heavy (non-hydrogen) atoms. The highest BCUT2D eigenvalue weighted by molar-refractivity contribution is 9.10. The molecule has 154 valence electrons. The Kier molecular flexibility index (Phi) is 5.24. The van der Waals surface area contributed by atoms with Gasteiger partial charge >= 0.3 is 0 Å². The van der Waals surface area contributed by atoms with E-state index in [9.17, 15) is 18.0 Å². The van der Waals surface area contributed by atoms with Crippen LogP contribution in [-0.2, 0) is 19.4 Å². The third kappa shape index (κ3) is 4.09. The summed E-state index contributed by atoms with van der Waals surface area (Å²) in [6.45, 7) is 2.08. The van der Waals surface area contributed by atoms with E-state index in [1.807, 2.05) is 24.3 Å². The molecule has 2 aliphatic heterocycles. The van der Waals surface area contributed by atoms with Gasteiger partial charge in [-0.05, 0) is 41.4 Å². The van der Waals surface area contributed by atoms with Crippen molar-refractivity contribution in [2.45, 2.75) is 25.8 Å². The Bertz CT molecular complexity index is 1080. The van der Waals surface area contributed by atoms with Crippen LogP contribution in [0, 0.1) is 12.8 Å². The van der Waals surface area contributed by atoms with Crippen LogP contribution in [0.5, 0.6) is 0 Å². The molecule has 0 bridgehead atoms. The molecular weight excluding hydrogens is 460 g/mol. The van der Waals surface area contributed by atoms with E-state index in [4.69, 9.17) is 0 Å². The summed E-state index contributed by atoms with van der Waals surface area (Å²) in [5.41, 5.74) is 1.44. The van der Waals surface area contributed by atoms with Crippen LogP contribution in [0.2, 0.25) is 0 Å². The predicted octanol–water partition coefficient (Wildman–Crippen LogP) is 2.31. The number of rotatable bonds is 4. The number of para-hydroxylation sites is 1. The monoisotopic (exact) mass is 480 g/mol. The van der Waals surface area contributed by atoms with Crippen molar-refractivity contribution in [1.82, 2.24) is 9.78 Å². The maximum Gasteiger partial charge on any atom is 0.230 e. The lowest BCUT2D eigenvalue weighted by Crippen LogP contribution is -2.29. The second-order valence-electron chi connectivity index (χ2n) is 7.52. The van der Waals surface area contributed by atoms with Crippen molar-refractivity contribution in [3.05, 3.63) is 40.5 Å². The molecule has 2 fully saturated rings. The Labute approximate surface area is 177 Å². The fraction of sp³-hybridized carbons (Fsp3) is 0.421. The molecule has 2 unspecified atom stereocenters. The minimum absolute atomic E-state index is 0.0225. The van der Waals surface area contributed by atoms with Gasteiger partial charge in [0.25, 0.3) is 0 Å². The van der Waals surface area contributed by atoms with Crippen molar-refractivity contribution in [3.8, 4) is 0 Å². The highest BCUT2D eigenvalue weighted by Crippen LogP contribution is 2.32. The van der Waals surface area contributed by atoms with E-state index in [0.717, 1.165) is 10.2 Å². The first-order chi connectivity index (χ1) is 13.7. The molecule has 1 N–H and O–H groups in total. The van der Waals surface area contributed by atoms with Crippen molar-refractivity contribution in [1.29, 1.82) is 0 Å². The topological polar surface area (TPSA) is 101 Å². The lowest BCUT2D eigenvalue weighted by molar-refractivity contribution is -0.122. The zero-order valence-corrected chi connectivity index (χ0v) is 18.2. The van der Waals surface area contributed by atoms with Crippen LogP contribution in [0.3, 0.4) is 0 Å². The van der Waals surface area contributed by atoms with Crippen molar-refractivity contribution >= 4 is 49.1 Å². The van der Waals surface area contributed by atoms with E-state index in [1.54, 1.807) is 22.6 Å². The molecular formula is C19H21BrN4O4S. The number of aryl methyl sites for hydroxylation is 1. The predicted molar refractivity (Wildman–Crippen MR) is 113 cm³/mol. The molecule has 2 aromatic rings. The van der Waals surface area contributed by atoms with Gasteiger partial charge in [-0.15, -0.1) is 0 Å². The Morgan fingerprint density at radius 3 is 2.76 bits per heavy atom. The van der Waals surface area contributed by atoms with Crippen molar-refractivity contribution in [2.24, 2.45) is 5.92 Å². The van der Waals surface area contributed by atoms with Crippen LogP contribution in [0.1, 0.15) is 24.6 Å². The quantitative estimate of drug-likeness (QED) is 0.723.